The van der Waals surface area contributed by atoms with Crippen molar-refractivity contribution in [2.24, 2.45) is 0 Å². The quantitative estimate of drug-likeness (QED) is 0.321. The molecule has 0 aliphatic rings. The van der Waals surface area contributed by atoms with Gasteiger partial charge in [0, 0.05) is 7.05 Å². The molecule has 8 heteroatoms. The van der Waals surface area contributed by atoms with E-state index in [0.717, 1.165) is 5.56 Å². The van der Waals surface area contributed by atoms with E-state index >= 15 is 0 Å². The van der Waals surface area contributed by atoms with Crippen LogP contribution >= 0.6 is 0 Å². The van der Waals surface area contributed by atoms with Crippen LogP contribution in [0.3, 0.4) is 0 Å². The molecule has 0 fully saturated rings. The van der Waals surface area contributed by atoms with E-state index in [1.165, 1.54) is 18.2 Å². The van der Waals surface area contributed by atoms with Crippen molar-refractivity contribution in [2.75, 3.05) is 18.6 Å². The smallest absolute Gasteiger partial charge is 0.338 e. The van der Waals surface area contributed by atoms with Gasteiger partial charge in [0.15, 0.2) is 6.61 Å². The Balaban J connectivity index is 1.33. The second-order valence-electron chi connectivity index (χ2n) is 8.11. The Morgan fingerprint density at radius 2 is 1.68 bits per heavy atom. The van der Waals surface area contributed by atoms with Crippen molar-refractivity contribution in [1.29, 1.82) is 0 Å². The zero-order chi connectivity index (χ0) is 26.0. The first-order chi connectivity index (χ1) is 18.0. The third-order valence-corrected chi connectivity index (χ3v) is 5.53. The minimum absolute atomic E-state index is 0.212. The van der Waals surface area contributed by atoms with Gasteiger partial charge >= 0.3 is 5.97 Å². The Morgan fingerprint density at radius 1 is 0.892 bits per heavy atom. The van der Waals surface area contributed by atoms with Crippen molar-refractivity contribution in [2.45, 2.75) is 13.2 Å². The molecule has 3 aromatic carbocycles. The number of esters is 1. The van der Waals surface area contributed by atoms with Gasteiger partial charge in [-0.1, -0.05) is 48.5 Å². The summed E-state index contributed by atoms with van der Waals surface area (Å²) in [6.45, 7) is 0.0769. The van der Waals surface area contributed by atoms with Gasteiger partial charge in [-0.15, -0.1) is 0 Å². The summed E-state index contributed by atoms with van der Waals surface area (Å²) in [4.78, 5) is 39.4. The first kappa shape index (κ1) is 25.2. The van der Waals surface area contributed by atoms with Crippen molar-refractivity contribution >= 4 is 23.5 Å². The van der Waals surface area contributed by atoms with Crippen LogP contribution < -0.4 is 15.0 Å². The standard InChI is InChI=1S/C29H26N2O6/c1-31(26-15-6-5-14-25(26)28(33)30-18-24-13-8-16-35-24)27(32)20-37-29(34)22-11-7-12-23(17-22)36-19-21-9-3-2-4-10-21/h2-17H,18-20H2,1H3,(H,30,33). The van der Waals surface area contributed by atoms with E-state index in [1.807, 2.05) is 30.3 Å². The summed E-state index contributed by atoms with van der Waals surface area (Å²) >= 11 is 0. The zero-order valence-corrected chi connectivity index (χ0v) is 20.3. The number of hydrogen-bond donors (Lipinski definition) is 1. The van der Waals surface area contributed by atoms with Crippen LogP contribution in [0.4, 0.5) is 5.69 Å². The normalized spacial score (nSPS) is 10.4. The van der Waals surface area contributed by atoms with Gasteiger partial charge in [0.25, 0.3) is 11.8 Å². The highest BCUT2D eigenvalue weighted by Crippen LogP contribution is 2.20. The average Bonchev–Trinajstić information content (AvgIpc) is 3.47. The summed E-state index contributed by atoms with van der Waals surface area (Å²) < 4.78 is 16.2. The Morgan fingerprint density at radius 3 is 2.46 bits per heavy atom. The number of furan rings is 1. The molecule has 0 radical (unpaired) electrons. The van der Waals surface area contributed by atoms with Gasteiger partial charge in [0.2, 0.25) is 0 Å². The predicted molar refractivity (Wildman–Crippen MR) is 137 cm³/mol. The molecule has 0 saturated heterocycles. The van der Waals surface area contributed by atoms with E-state index in [2.05, 4.69) is 5.32 Å². The highest BCUT2D eigenvalue weighted by atomic mass is 16.5. The summed E-state index contributed by atoms with van der Waals surface area (Å²) in [5, 5.41) is 2.77. The number of carbonyl (C=O) groups excluding carboxylic acids is 3. The number of anilines is 1. The van der Waals surface area contributed by atoms with Gasteiger partial charge in [0.1, 0.15) is 18.1 Å². The fraction of sp³-hybridized carbons (Fsp3) is 0.138. The number of rotatable bonds is 10. The molecule has 1 heterocycles. The predicted octanol–water partition coefficient (Wildman–Crippen LogP) is 4.61. The fourth-order valence-corrected chi connectivity index (χ4v) is 3.53. The van der Waals surface area contributed by atoms with Gasteiger partial charge < -0.3 is 24.1 Å². The minimum Gasteiger partial charge on any atom is -0.489 e. The van der Waals surface area contributed by atoms with Gasteiger partial charge in [-0.3, -0.25) is 9.59 Å². The lowest BCUT2D eigenvalue weighted by molar-refractivity contribution is -0.121. The van der Waals surface area contributed by atoms with Crippen molar-refractivity contribution in [3.8, 4) is 5.75 Å². The molecule has 2 amide bonds. The molecule has 0 aliphatic heterocycles. The number of nitrogens with zero attached hydrogens (tertiary/aromatic N) is 1. The average molecular weight is 499 g/mol. The number of hydrogen-bond acceptors (Lipinski definition) is 6. The van der Waals surface area contributed by atoms with Crippen LogP contribution in [0, 0.1) is 0 Å². The summed E-state index contributed by atoms with van der Waals surface area (Å²) in [6.07, 6.45) is 1.52. The van der Waals surface area contributed by atoms with E-state index in [0.29, 0.717) is 29.4 Å². The Hall–Kier alpha value is -4.85. The molecular formula is C29H26N2O6. The van der Waals surface area contributed by atoms with Gasteiger partial charge in [0.05, 0.1) is 29.6 Å². The number of amides is 2. The molecule has 1 N–H and O–H groups in total. The van der Waals surface area contributed by atoms with Crippen molar-refractivity contribution in [3.63, 3.8) is 0 Å². The second-order valence-corrected chi connectivity index (χ2v) is 8.11. The zero-order valence-electron chi connectivity index (χ0n) is 20.3. The van der Waals surface area contributed by atoms with E-state index in [4.69, 9.17) is 13.9 Å². The third-order valence-electron chi connectivity index (χ3n) is 5.53. The molecule has 1 aromatic heterocycles. The van der Waals surface area contributed by atoms with Gasteiger partial charge in [-0.2, -0.15) is 0 Å². The molecule has 0 bridgehead atoms. The van der Waals surface area contributed by atoms with Crippen LogP contribution in [0.15, 0.2) is 102 Å². The van der Waals surface area contributed by atoms with Crippen LogP contribution in [0.25, 0.3) is 0 Å². The van der Waals surface area contributed by atoms with E-state index in [-0.39, 0.29) is 18.0 Å². The van der Waals surface area contributed by atoms with Crippen LogP contribution in [-0.2, 0) is 22.7 Å². The molecule has 0 unspecified atom stereocenters. The van der Waals surface area contributed by atoms with Crippen molar-refractivity contribution < 1.29 is 28.3 Å². The summed E-state index contributed by atoms with van der Waals surface area (Å²) in [6, 6.07) is 26.4. The van der Waals surface area contributed by atoms with E-state index in [9.17, 15) is 14.4 Å². The van der Waals surface area contributed by atoms with Crippen LogP contribution in [0.1, 0.15) is 32.0 Å². The van der Waals surface area contributed by atoms with Gasteiger partial charge in [-0.25, -0.2) is 4.79 Å². The lowest BCUT2D eigenvalue weighted by Crippen LogP contribution is -2.33. The number of benzene rings is 3. The largest absolute Gasteiger partial charge is 0.489 e. The second kappa shape index (κ2) is 12.2. The maximum Gasteiger partial charge on any atom is 0.338 e. The Labute approximate surface area is 214 Å². The summed E-state index contributed by atoms with van der Waals surface area (Å²) in [5.41, 5.74) is 1.95. The molecule has 0 saturated carbocycles. The molecule has 8 nitrogen and oxygen atoms in total. The first-order valence-electron chi connectivity index (χ1n) is 11.6. The van der Waals surface area contributed by atoms with Gasteiger partial charge in [-0.05, 0) is 48.0 Å². The molecule has 0 atom stereocenters. The molecule has 188 valence electrons. The molecule has 37 heavy (non-hydrogen) atoms. The van der Waals surface area contributed by atoms with Crippen LogP contribution in [-0.4, -0.2) is 31.4 Å². The number of carbonyl (C=O) groups is 3. The summed E-state index contributed by atoms with van der Waals surface area (Å²) in [5.74, 6) is -0.392. The highest BCUT2D eigenvalue weighted by molar-refractivity contribution is 6.05. The monoisotopic (exact) mass is 498 g/mol. The lowest BCUT2D eigenvalue weighted by atomic mass is 10.1. The molecule has 4 rings (SSSR count). The van der Waals surface area contributed by atoms with E-state index in [1.54, 1.807) is 60.7 Å². The van der Waals surface area contributed by atoms with Crippen LogP contribution in [0.2, 0.25) is 0 Å². The molecule has 4 aromatic rings. The Kier molecular flexibility index (Phi) is 8.33. The maximum absolute atomic E-state index is 12.8. The number of para-hydroxylation sites is 1. The molecule has 0 spiro atoms. The maximum atomic E-state index is 12.8. The highest BCUT2D eigenvalue weighted by Gasteiger charge is 2.20. The fourth-order valence-electron chi connectivity index (χ4n) is 3.53. The number of ether oxygens (including phenoxy) is 2. The first-order valence-corrected chi connectivity index (χ1v) is 11.6. The third kappa shape index (κ3) is 6.85. The summed E-state index contributed by atoms with van der Waals surface area (Å²) in [7, 11) is 1.52. The van der Waals surface area contributed by atoms with E-state index < -0.39 is 18.5 Å². The number of likely N-dealkylation sites (N-methyl/N-ethyl adjacent to an activating group) is 1. The van der Waals surface area contributed by atoms with Crippen molar-refractivity contribution in [3.05, 3.63) is 120 Å². The Bertz CT molecular complexity index is 1350. The number of nitrogens with one attached hydrogen (secondary N) is 1. The lowest BCUT2D eigenvalue weighted by Gasteiger charge is -2.20. The topological polar surface area (TPSA) is 98.1 Å². The molecule has 0 aliphatic carbocycles. The van der Waals surface area contributed by atoms with Crippen LogP contribution in [0.5, 0.6) is 5.75 Å². The molecular weight excluding hydrogens is 472 g/mol. The van der Waals surface area contributed by atoms with Crippen molar-refractivity contribution in [1.82, 2.24) is 5.32 Å². The minimum atomic E-state index is -0.656. The SMILES string of the molecule is CN(C(=O)COC(=O)c1cccc(OCc2ccccc2)c1)c1ccccc1C(=O)NCc1ccco1.